The van der Waals surface area contributed by atoms with Crippen LogP contribution in [0.3, 0.4) is 0 Å². The van der Waals surface area contributed by atoms with Crippen LogP contribution in [-0.4, -0.2) is 5.84 Å². The van der Waals surface area contributed by atoms with E-state index in [1.165, 1.54) is 22.3 Å². The standard InChI is InChI=1S/C36H48N3.C12H10N.Au/c1-33(2,3)26-18-27(34(4,5)6)21-30(20-26)38-24-39(37-32(38)25-16-14-13-15-17-25)31-22-28(35(7,8)9)19-29(23-31)36(10,11)12;1-3-7-11(8-4-1)13-12-9-5-2-6-10-12;/h13-24H,1-12H3;1-10H;/q2*-1;. The maximum atomic E-state index is 5.24. The first kappa shape index (κ1) is 41.7. The van der Waals surface area contributed by atoms with Gasteiger partial charge in [0.15, 0.2) is 0 Å². The van der Waals surface area contributed by atoms with Crippen LogP contribution in [0, 0.1) is 6.67 Å². The van der Waals surface area contributed by atoms with Crippen molar-refractivity contribution >= 4 is 28.6 Å². The molecule has 0 spiro atoms. The molecular weight excluding hydrogens is 830 g/mol. The molecule has 0 atom stereocenters. The molecule has 0 amide bonds. The van der Waals surface area contributed by atoms with Crippen LogP contribution in [0.4, 0.5) is 22.7 Å². The minimum absolute atomic E-state index is 0. The van der Waals surface area contributed by atoms with Crippen molar-refractivity contribution in [3.05, 3.63) is 167 Å². The summed E-state index contributed by atoms with van der Waals surface area (Å²) in [5.74, 6) is 0.931. The second-order valence-corrected chi connectivity index (χ2v) is 17.9. The molecule has 1 aliphatic rings. The molecule has 0 aliphatic carbocycles. The fourth-order valence-electron chi connectivity index (χ4n) is 5.82. The summed E-state index contributed by atoms with van der Waals surface area (Å²) in [6.45, 7) is 29.6. The third-order valence-corrected chi connectivity index (χ3v) is 9.30. The second kappa shape index (κ2) is 16.5. The van der Waals surface area contributed by atoms with E-state index < -0.39 is 0 Å². The van der Waals surface area contributed by atoms with Gasteiger partial charge in [-0.15, -0.1) is 18.0 Å². The first-order chi connectivity index (χ1) is 24.3. The molecule has 1 radical (unpaired) electrons. The van der Waals surface area contributed by atoms with Crippen molar-refractivity contribution in [2.45, 2.75) is 105 Å². The van der Waals surface area contributed by atoms with Crippen molar-refractivity contribution in [2.24, 2.45) is 5.10 Å². The molecule has 0 bridgehead atoms. The summed E-state index contributed by atoms with van der Waals surface area (Å²) in [6, 6.07) is 44.4. The minimum atomic E-state index is 0. The van der Waals surface area contributed by atoms with E-state index in [2.05, 4.69) is 172 Å². The molecule has 6 rings (SSSR count). The van der Waals surface area contributed by atoms with Gasteiger partial charge in [-0.25, -0.2) is 0 Å². The van der Waals surface area contributed by atoms with Crippen molar-refractivity contribution < 1.29 is 22.4 Å². The zero-order chi connectivity index (χ0) is 37.9. The van der Waals surface area contributed by atoms with Crippen LogP contribution in [0.25, 0.3) is 5.32 Å². The number of amidine groups is 1. The van der Waals surface area contributed by atoms with Crippen molar-refractivity contribution in [2.75, 3.05) is 9.91 Å². The summed E-state index contributed by atoms with van der Waals surface area (Å²) in [6.07, 6.45) is 0. The Labute approximate surface area is 336 Å². The van der Waals surface area contributed by atoms with Gasteiger partial charge in [0.25, 0.3) is 0 Å². The van der Waals surface area contributed by atoms with E-state index in [9.17, 15) is 0 Å². The topological polar surface area (TPSA) is 32.9 Å². The van der Waals surface area contributed by atoms with E-state index in [4.69, 9.17) is 5.10 Å². The Hall–Kier alpha value is -4.09. The van der Waals surface area contributed by atoms with E-state index in [-0.39, 0.29) is 44.0 Å². The number of rotatable bonds is 5. The van der Waals surface area contributed by atoms with Gasteiger partial charge in [-0.1, -0.05) is 186 Å². The molecule has 0 N–H and O–H groups in total. The van der Waals surface area contributed by atoms with Crippen molar-refractivity contribution in [3.63, 3.8) is 0 Å². The Balaban J connectivity index is 0.000000375. The van der Waals surface area contributed by atoms with Crippen molar-refractivity contribution in [3.8, 4) is 0 Å². The number of nitrogens with zero attached hydrogens (tertiary/aromatic N) is 4. The van der Waals surface area contributed by atoms with Gasteiger partial charge < -0.3 is 15.2 Å². The summed E-state index contributed by atoms with van der Waals surface area (Å²) in [5, 5.41) is 11.7. The number of hydrogen-bond acceptors (Lipinski definition) is 3. The van der Waals surface area contributed by atoms with Gasteiger partial charge in [-0.2, -0.15) is 5.10 Å². The van der Waals surface area contributed by atoms with Gasteiger partial charge in [0.05, 0.1) is 0 Å². The molecule has 53 heavy (non-hydrogen) atoms. The predicted octanol–water partition coefficient (Wildman–Crippen LogP) is 13.7. The quantitative estimate of drug-likeness (QED) is 0.130. The largest absolute Gasteiger partial charge is 0.658 e. The second-order valence-electron chi connectivity index (χ2n) is 17.9. The fraction of sp³-hybridized carbons (Fsp3) is 0.333. The van der Waals surface area contributed by atoms with Gasteiger partial charge >= 0.3 is 0 Å². The first-order valence-electron chi connectivity index (χ1n) is 18.5. The van der Waals surface area contributed by atoms with E-state index in [1.807, 2.05) is 60.7 Å². The molecule has 0 aromatic heterocycles. The summed E-state index contributed by atoms with van der Waals surface area (Å²) in [5.41, 5.74) is 10.7. The van der Waals surface area contributed by atoms with Gasteiger partial charge in [0.2, 0.25) is 0 Å². The number of anilines is 2. The Morgan fingerprint density at radius 3 is 1.15 bits per heavy atom. The molecule has 283 valence electrons. The fourth-order valence-corrected chi connectivity index (χ4v) is 5.82. The van der Waals surface area contributed by atoms with E-state index in [1.54, 1.807) is 0 Å². The Bertz CT molecular complexity index is 1850. The van der Waals surface area contributed by atoms with Crippen LogP contribution in [0.5, 0.6) is 0 Å². The molecule has 0 saturated carbocycles. The summed E-state index contributed by atoms with van der Waals surface area (Å²) >= 11 is 0. The number of benzene rings is 5. The van der Waals surface area contributed by atoms with Crippen LogP contribution in [-0.2, 0) is 44.0 Å². The molecule has 0 fully saturated rings. The van der Waals surface area contributed by atoms with Gasteiger partial charge in [-0.3, -0.25) is 0 Å². The zero-order valence-corrected chi connectivity index (χ0v) is 36.0. The molecule has 5 heteroatoms. The van der Waals surface area contributed by atoms with Crippen molar-refractivity contribution in [1.82, 2.24) is 0 Å². The van der Waals surface area contributed by atoms with E-state index in [0.717, 1.165) is 34.1 Å². The van der Waals surface area contributed by atoms with E-state index >= 15 is 0 Å². The average molecular weight is 888 g/mol. The molecule has 1 aliphatic heterocycles. The number of hydrazone groups is 1. The molecule has 5 aromatic rings. The molecular formula is C48H58AuN4-2. The van der Waals surface area contributed by atoms with Crippen LogP contribution in [0.1, 0.15) is 111 Å². The molecule has 0 saturated heterocycles. The van der Waals surface area contributed by atoms with Gasteiger partial charge in [-0.05, 0) is 68.2 Å². The monoisotopic (exact) mass is 887 g/mol. The Kier molecular flexibility index (Phi) is 13.0. The molecule has 1 heterocycles. The third kappa shape index (κ3) is 11.0. The summed E-state index contributed by atoms with van der Waals surface area (Å²) in [7, 11) is 0. The predicted molar refractivity (Wildman–Crippen MR) is 225 cm³/mol. The average Bonchev–Trinajstić information content (AvgIpc) is 3.54. The van der Waals surface area contributed by atoms with Crippen LogP contribution >= 0.6 is 0 Å². The Morgan fingerprint density at radius 1 is 0.453 bits per heavy atom. The summed E-state index contributed by atoms with van der Waals surface area (Å²) < 4.78 is 0. The Morgan fingerprint density at radius 2 is 0.792 bits per heavy atom. The van der Waals surface area contributed by atoms with Gasteiger partial charge in [0, 0.05) is 39.3 Å². The normalized spacial score (nSPS) is 13.5. The third-order valence-electron chi connectivity index (χ3n) is 9.30. The molecule has 5 aromatic carbocycles. The number of hydrogen-bond donors (Lipinski definition) is 0. The van der Waals surface area contributed by atoms with Crippen molar-refractivity contribution in [1.29, 1.82) is 0 Å². The molecule has 4 nitrogen and oxygen atoms in total. The smallest absolute Gasteiger partial charge is 0.129 e. The summed E-state index contributed by atoms with van der Waals surface area (Å²) in [4.78, 5) is 2.26. The molecule has 0 unspecified atom stereocenters. The zero-order valence-electron chi connectivity index (χ0n) is 33.8. The van der Waals surface area contributed by atoms with Gasteiger partial charge in [0.1, 0.15) is 5.84 Å². The van der Waals surface area contributed by atoms with Crippen LogP contribution in [0.2, 0.25) is 0 Å². The van der Waals surface area contributed by atoms with E-state index in [0.29, 0.717) is 0 Å². The first-order valence-corrected chi connectivity index (χ1v) is 18.5. The number of para-hydroxylation sites is 2. The van der Waals surface area contributed by atoms with Crippen LogP contribution < -0.4 is 9.91 Å². The SMILES string of the molecule is CC(C)(C)c1cc(N2[CH-]N(c3cc(C(C)(C)C)cc(C(C)(C)C)c3)C(c3ccccc3)=N2)cc(C(C)(C)C)c1.[Au].c1ccc([N-]c2ccccc2)cc1. The minimum Gasteiger partial charge on any atom is -0.658 e. The maximum Gasteiger partial charge on any atom is 0.129 e. The maximum absolute atomic E-state index is 5.24. The van der Waals surface area contributed by atoms with Crippen LogP contribution in [0.15, 0.2) is 132 Å².